The van der Waals surface area contributed by atoms with Gasteiger partial charge in [0.2, 0.25) is 0 Å². The Morgan fingerprint density at radius 2 is 1.29 bits per heavy atom. The number of hydrogen-bond acceptors (Lipinski definition) is 4. The molecule has 0 bridgehead atoms. The van der Waals surface area contributed by atoms with Crippen LogP contribution in [-0.2, 0) is 4.74 Å². The molecule has 6 heteroatoms. The third kappa shape index (κ3) is 5.53. The number of carbonyl (C=O) groups is 3. The van der Waals surface area contributed by atoms with E-state index in [4.69, 9.17) is 16.7 Å². The minimum atomic E-state index is -0.934. The van der Waals surface area contributed by atoms with Crippen LogP contribution in [0, 0.1) is 0 Å². The summed E-state index contributed by atoms with van der Waals surface area (Å²) in [4.78, 5) is 34.1. The third-order valence-electron chi connectivity index (χ3n) is 3.70. The van der Waals surface area contributed by atoms with Crippen molar-refractivity contribution in [3.8, 4) is 0 Å². The highest BCUT2D eigenvalue weighted by Gasteiger charge is 2.17. The van der Waals surface area contributed by atoms with Gasteiger partial charge in [-0.05, 0) is 30.3 Å². The Labute approximate surface area is 167 Å². The van der Waals surface area contributed by atoms with Crippen LogP contribution in [0.15, 0.2) is 78.9 Å². The minimum Gasteiger partial charge on any atom is -0.478 e. The lowest BCUT2D eigenvalue weighted by atomic mass is 9.98. The molecule has 0 spiro atoms. The molecule has 142 valence electrons. The van der Waals surface area contributed by atoms with Gasteiger partial charge in [-0.3, -0.25) is 4.79 Å². The quantitative estimate of drug-likeness (QED) is 0.508. The van der Waals surface area contributed by atoms with Crippen molar-refractivity contribution in [1.29, 1.82) is 0 Å². The summed E-state index contributed by atoms with van der Waals surface area (Å²) in [6, 6.07) is 21.5. The van der Waals surface area contributed by atoms with E-state index in [0.29, 0.717) is 16.1 Å². The molecular formula is C22H17ClO5. The molecule has 3 aromatic rings. The maximum Gasteiger partial charge on any atom is 0.338 e. The van der Waals surface area contributed by atoms with Crippen LogP contribution in [0.25, 0.3) is 0 Å². The van der Waals surface area contributed by atoms with Crippen LogP contribution in [0.4, 0.5) is 0 Å². The summed E-state index contributed by atoms with van der Waals surface area (Å²) in [6.07, 6.45) is 0. The topological polar surface area (TPSA) is 80.7 Å². The second kappa shape index (κ2) is 10.0. The van der Waals surface area contributed by atoms with E-state index >= 15 is 0 Å². The average molecular weight is 397 g/mol. The zero-order valence-electron chi connectivity index (χ0n) is 15.0. The fourth-order valence-electron chi connectivity index (χ4n) is 2.31. The van der Waals surface area contributed by atoms with E-state index < -0.39 is 11.9 Å². The largest absolute Gasteiger partial charge is 0.478 e. The zero-order valence-corrected chi connectivity index (χ0v) is 15.7. The lowest BCUT2D eigenvalue weighted by Gasteiger charge is -2.06. The normalized spacial score (nSPS) is 9.64. The molecule has 0 amide bonds. The first kappa shape index (κ1) is 20.9. The van der Waals surface area contributed by atoms with Crippen LogP contribution in [0.2, 0.25) is 5.02 Å². The number of ether oxygens (including phenoxy) is 1. The molecule has 0 unspecified atom stereocenters. The molecule has 0 aliphatic heterocycles. The van der Waals surface area contributed by atoms with Crippen molar-refractivity contribution in [1.82, 2.24) is 0 Å². The van der Waals surface area contributed by atoms with E-state index in [1.165, 1.54) is 19.2 Å². The number of carbonyl (C=O) groups excluding carboxylic acids is 2. The van der Waals surface area contributed by atoms with Crippen LogP contribution in [0.1, 0.15) is 36.6 Å². The highest BCUT2D eigenvalue weighted by molar-refractivity contribution is 6.30. The number of carboxylic acid groups (broad SMARTS) is 1. The SMILES string of the molecule is COC(=O)c1ccccc1C(=O)c1ccccc1.O=C(O)c1ccc(Cl)cc1. The van der Waals surface area contributed by atoms with Gasteiger partial charge in [0.1, 0.15) is 0 Å². The summed E-state index contributed by atoms with van der Waals surface area (Å²) in [7, 11) is 1.30. The number of carboxylic acids is 1. The summed E-state index contributed by atoms with van der Waals surface area (Å²) in [5.41, 5.74) is 1.45. The summed E-state index contributed by atoms with van der Waals surface area (Å²) >= 11 is 5.52. The molecule has 1 N–H and O–H groups in total. The summed E-state index contributed by atoms with van der Waals surface area (Å²) in [5.74, 6) is -1.62. The Hall–Kier alpha value is -3.44. The number of esters is 1. The van der Waals surface area contributed by atoms with E-state index in [1.807, 2.05) is 6.07 Å². The molecule has 0 saturated carbocycles. The average Bonchev–Trinajstić information content (AvgIpc) is 2.74. The Balaban J connectivity index is 0.000000237. The van der Waals surface area contributed by atoms with Gasteiger partial charge in [-0.25, -0.2) is 9.59 Å². The third-order valence-corrected chi connectivity index (χ3v) is 3.96. The molecule has 28 heavy (non-hydrogen) atoms. The molecule has 0 fully saturated rings. The summed E-state index contributed by atoms with van der Waals surface area (Å²) in [5, 5.41) is 8.98. The molecule has 3 aromatic carbocycles. The molecule has 3 rings (SSSR count). The van der Waals surface area contributed by atoms with E-state index in [0.717, 1.165) is 0 Å². The second-order valence-corrected chi connectivity index (χ2v) is 5.98. The van der Waals surface area contributed by atoms with Gasteiger partial charge in [0.15, 0.2) is 5.78 Å². The predicted molar refractivity (Wildman–Crippen MR) is 106 cm³/mol. The van der Waals surface area contributed by atoms with E-state index in [1.54, 1.807) is 60.7 Å². The number of methoxy groups -OCH3 is 1. The van der Waals surface area contributed by atoms with Crippen LogP contribution >= 0.6 is 11.6 Å². The summed E-state index contributed by atoms with van der Waals surface area (Å²) < 4.78 is 4.67. The summed E-state index contributed by atoms with van der Waals surface area (Å²) in [6.45, 7) is 0. The number of aromatic carboxylic acids is 1. The zero-order chi connectivity index (χ0) is 20.5. The lowest BCUT2D eigenvalue weighted by Crippen LogP contribution is -2.11. The van der Waals surface area contributed by atoms with Gasteiger partial charge in [0.25, 0.3) is 0 Å². The van der Waals surface area contributed by atoms with Crippen LogP contribution in [0.5, 0.6) is 0 Å². The molecule has 0 aliphatic rings. The van der Waals surface area contributed by atoms with Crippen molar-refractivity contribution in [2.24, 2.45) is 0 Å². The van der Waals surface area contributed by atoms with E-state index in [2.05, 4.69) is 4.74 Å². The van der Waals surface area contributed by atoms with Crippen LogP contribution in [0.3, 0.4) is 0 Å². The molecule has 0 heterocycles. The number of ketones is 1. The van der Waals surface area contributed by atoms with Crippen molar-refractivity contribution in [2.75, 3.05) is 7.11 Å². The minimum absolute atomic E-state index is 0.184. The van der Waals surface area contributed by atoms with Gasteiger partial charge in [-0.1, -0.05) is 60.1 Å². The first-order valence-corrected chi connectivity index (χ1v) is 8.57. The molecular weight excluding hydrogens is 380 g/mol. The van der Waals surface area contributed by atoms with Crippen LogP contribution < -0.4 is 0 Å². The van der Waals surface area contributed by atoms with E-state index in [-0.39, 0.29) is 16.9 Å². The lowest BCUT2D eigenvalue weighted by molar-refractivity contribution is 0.0596. The molecule has 0 aliphatic carbocycles. The van der Waals surface area contributed by atoms with E-state index in [9.17, 15) is 14.4 Å². The van der Waals surface area contributed by atoms with Gasteiger partial charge in [-0.2, -0.15) is 0 Å². The number of hydrogen-bond donors (Lipinski definition) is 1. The first-order chi connectivity index (χ1) is 13.4. The van der Waals surface area contributed by atoms with Crippen molar-refractivity contribution < 1.29 is 24.2 Å². The number of halogens is 1. The smallest absolute Gasteiger partial charge is 0.338 e. The molecule has 0 aromatic heterocycles. The molecule has 0 atom stereocenters. The Bertz CT molecular complexity index is 966. The standard InChI is InChI=1S/C15H12O3.C7H5ClO2/c1-18-15(17)13-10-6-5-9-12(13)14(16)11-7-3-2-4-8-11;8-6-3-1-5(2-4-6)7(9)10/h2-10H,1H3;1-4H,(H,9,10). The highest BCUT2D eigenvalue weighted by atomic mass is 35.5. The van der Waals surface area contributed by atoms with Crippen molar-refractivity contribution in [2.45, 2.75) is 0 Å². The monoisotopic (exact) mass is 396 g/mol. The molecule has 0 saturated heterocycles. The fraction of sp³-hybridized carbons (Fsp3) is 0.0455. The molecule has 0 radical (unpaired) electrons. The Morgan fingerprint density at radius 1 is 0.750 bits per heavy atom. The number of rotatable bonds is 4. The van der Waals surface area contributed by atoms with Gasteiger partial charge in [0.05, 0.1) is 18.2 Å². The van der Waals surface area contributed by atoms with Gasteiger partial charge < -0.3 is 9.84 Å². The van der Waals surface area contributed by atoms with Gasteiger partial charge >= 0.3 is 11.9 Å². The fourth-order valence-corrected chi connectivity index (χ4v) is 2.43. The number of benzene rings is 3. The molecule has 5 nitrogen and oxygen atoms in total. The predicted octanol–water partition coefficient (Wildman–Crippen LogP) is 4.74. The van der Waals surface area contributed by atoms with Crippen LogP contribution in [-0.4, -0.2) is 29.9 Å². The maximum atomic E-state index is 12.3. The van der Waals surface area contributed by atoms with Gasteiger partial charge in [0, 0.05) is 16.1 Å². The Morgan fingerprint density at radius 3 is 1.82 bits per heavy atom. The van der Waals surface area contributed by atoms with Crippen molar-refractivity contribution in [3.05, 3.63) is 106 Å². The highest BCUT2D eigenvalue weighted by Crippen LogP contribution is 2.15. The maximum absolute atomic E-state index is 12.3. The van der Waals surface area contributed by atoms with Crippen molar-refractivity contribution >= 4 is 29.3 Å². The van der Waals surface area contributed by atoms with Crippen molar-refractivity contribution in [3.63, 3.8) is 0 Å². The first-order valence-electron chi connectivity index (χ1n) is 8.20. The van der Waals surface area contributed by atoms with Gasteiger partial charge in [-0.15, -0.1) is 0 Å². The Kier molecular flexibility index (Phi) is 7.48. The second-order valence-electron chi connectivity index (χ2n) is 5.54.